The van der Waals surface area contributed by atoms with E-state index >= 15 is 0 Å². The first kappa shape index (κ1) is 28.3. The van der Waals surface area contributed by atoms with Gasteiger partial charge in [-0.1, -0.05) is 147 Å². The Hall–Kier alpha value is -5.70. The molecule has 49 heavy (non-hydrogen) atoms. The summed E-state index contributed by atoms with van der Waals surface area (Å²) in [5.74, 6) is 0. The number of anilines is 3. The van der Waals surface area contributed by atoms with Crippen molar-refractivity contribution in [3.8, 4) is 22.3 Å². The number of para-hydroxylation sites is 1. The molecule has 1 aromatic heterocycles. The summed E-state index contributed by atoms with van der Waals surface area (Å²) in [6.45, 7) is 4.72. The summed E-state index contributed by atoms with van der Waals surface area (Å²) in [6.07, 6.45) is 0. The van der Waals surface area contributed by atoms with Crippen molar-refractivity contribution in [2.24, 2.45) is 0 Å². The number of fused-ring (bicyclic) bond motifs is 10. The Morgan fingerprint density at radius 1 is 0.469 bits per heavy atom. The molecule has 0 atom stereocenters. The number of hydrogen-bond donors (Lipinski definition) is 0. The van der Waals surface area contributed by atoms with E-state index in [2.05, 4.69) is 183 Å². The minimum absolute atomic E-state index is 0.0915. The van der Waals surface area contributed by atoms with Crippen LogP contribution < -0.4 is 4.90 Å². The van der Waals surface area contributed by atoms with Crippen LogP contribution in [0.15, 0.2) is 164 Å². The molecule has 0 radical (unpaired) electrons. The van der Waals surface area contributed by atoms with Gasteiger partial charge in [-0.05, 0) is 74.3 Å². The number of hydrogen-bond acceptors (Lipinski definition) is 2. The molecular weight excluding hydrogens is 611 g/mol. The molecule has 0 fully saturated rings. The van der Waals surface area contributed by atoms with E-state index in [-0.39, 0.29) is 5.41 Å². The van der Waals surface area contributed by atoms with Crippen LogP contribution in [0, 0.1) is 0 Å². The normalized spacial score (nSPS) is 13.3. The van der Waals surface area contributed by atoms with Crippen molar-refractivity contribution in [2.45, 2.75) is 19.3 Å². The Labute approximate surface area is 290 Å². The van der Waals surface area contributed by atoms with Crippen LogP contribution in [0.3, 0.4) is 0 Å². The molecule has 0 bridgehead atoms. The minimum Gasteiger partial charge on any atom is -0.310 e. The molecule has 1 heterocycles. The molecule has 232 valence electrons. The van der Waals surface area contributed by atoms with Gasteiger partial charge in [0.2, 0.25) is 0 Å². The SMILES string of the molecule is CC1(C)c2ccccc2-c2ccc(N(c3ccc4c(c3)sc3c4ccc4ccc5ccccc5c43)c3ccccc3-c3ccccc3)cc21. The molecule has 1 aliphatic rings. The fraction of sp³-hybridized carbons (Fsp3) is 0.0638. The number of nitrogens with zero attached hydrogens (tertiary/aromatic N) is 1. The maximum Gasteiger partial charge on any atom is 0.0540 e. The van der Waals surface area contributed by atoms with Gasteiger partial charge in [-0.3, -0.25) is 0 Å². The molecule has 0 aliphatic heterocycles. The second-order valence-corrected chi connectivity index (χ2v) is 14.8. The first-order valence-corrected chi connectivity index (χ1v) is 17.8. The lowest BCUT2D eigenvalue weighted by molar-refractivity contribution is 0.660. The summed E-state index contributed by atoms with van der Waals surface area (Å²) in [7, 11) is 0. The Bertz CT molecular complexity index is 2750. The first-order valence-electron chi connectivity index (χ1n) is 17.0. The van der Waals surface area contributed by atoms with E-state index in [9.17, 15) is 0 Å². The van der Waals surface area contributed by atoms with Crippen molar-refractivity contribution in [3.05, 3.63) is 175 Å². The molecule has 0 saturated heterocycles. The van der Waals surface area contributed by atoms with E-state index in [4.69, 9.17) is 0 Å². The lowest BCUT2D eigenvalue weighted by Crippen LogP contribution is -2.16. The smallest absolute Gasteiger partial charge is 0.0540 e. The van der Waals surface area contributed by atoms with Gasteiger partial charge in [-0.15, -0.1) is 11.3 Å². The van der Waals surface area contributed by atoms with Crippen LogP contribution in [0.25, 0.3) is 64.0 Å². The van der Waals surface area contributed by atoms with E-state index in [1.807, 2.05) is 11.3 Å². The molecule has 10 rings (SSSR count). The standard InChI is InChI=1S/C47H33NS/c1-47(2)41-18-10-8-17-37(41)38-26-23-33(28-42(38)47)48(43-19-11-9-15-35(43)30-12-4-3-5-13-30)34-24-27-39-40-25-22-32-21-20-31-14-6-7-16-36(31)45(32)46(40)49-44(39)29-34/h3-29H,1-2H3. The fourth-order valence-electron chi connectivity index (χ4n) is 8.24. The third kappa shape index (κ3) is 4.24. The highest BCUT2D eigenvalue weighted by molar-refractivity contribution is 7.26. The Morgan fingerprint density at radius 2 is 1.12 bits per heavy atom. The van der Waals surface area contributed by atoms with Gasteiger partial charge < -0.3 is 4.90 Å². The predicted molar refractivity (Wildman–Crippen MR) is 212 cm³/mol. The monoisotopic (exact) mass is 643 g/mol. The van der Waals surface area contributed by atoms with Crippen LogP contribution in [-0.2, 0) is 5.41 Å². The average molecular weight is 644 g/mol. The summed E-state index contributed by atoms with van der Waals surface area (Å²) in [4.78, 5) is 2.47. The fourth-order valence-corrected chi connectivity index (χ4v) is 9.54. The van der Waals surface area contributed by atoms with Crippen LogP contribution in [0.5, 0.6) is 0 Å². The molecule has 0 saturated carbocycles. The highest BCUT2D eigenvalue weighted by Gasteiger charge is 2.36. The van der Waals surface area contributed by atoms with Crippen molar-refractivity contribution >= 4 is 70.1 Å². The van der Waals surface area contributed by atoms with Crippen LogP contribution in [0.2, 0.25) is 0 Å². The van der Waals surface area contributed by atoms with E-state index < -0.39 is 0 Å². The number of thiophene rings is 1. The molecule has 1 nitrogen and oxygen atoms in total. The van der Waals surface area contributed by atoms with E-state index in [0.717, 1.165) is 5.69 Å². The van der Waals surface area contributed by atoms with Gasteiger partial charge in [0.05, 0.1) is 5.69 Å². The zero-order chi connectivity index (χ0) is 32.7. The second-order valence-electron chi connectivity index (χ2n) is 13.7. The van der Waals surface area contributed by atoms with Crippen molar-refractivity contribution in [1.82, 2.24) is 0 Å². The number of rotatable bonds is 4. The third-order valence-electron chi connectivity index (χ3n) is 10.6. The average Bonchev–Trinajstić information content (AvgIpc) is 3.63. The Kier molecular flexibility index (Phi) is 6.16. The third-order valence-corrected chi connectivity index (χ3v) is 11.8. The maximum atomic E-state index is 2.47. The largest absolute Gasteiger partial charge is 0.310 e. The summed E-state index contributed by atoms with van der Waals surface area (Å²) in [6, 6.07) is 60.5. The molecule has 9 aromatic rings. The zero-order valence-electron chi connectivity index (χ0n) is 27.4. The summed E-state index contributed by atoms with van der Waals surface area (Å²) in [5, 5.41) is 7.87. The van der Waals surface area contributed by atoms with Gasteiger partial charge in [0.15, 0.2) is 0 Å². The van der Waals surface area contributed by atoms with E-state index in [1.165, 1.54) is 86.5 Å². The van der Waals surface area contributed by atoms with Crippen LogP contribution in [0.1, 0.15) is 25.0 Å². The first-order chi connectivity index (χ1) is 24.1. The Balaban J connectivity index is 1.22. The van der Waals surface area contributed by atoms with Gasteiger partial charge in [-0.2, -0.15) is 0 Å². The van der Waals surface area contributed by atoms with Crippen LogP contribution in [-0.4, -0.2) is 0 Å². The van der Waals surface area contributed by atoms with Crippen molar-refractivity contribution < 1.29 is 0 Å². The minimum atomic E-state index is -0.0915. The number of benzene rings is 8. The van der Waals surface area contributed by atoms with Gasteiger partial charge >= 0.3 is 0 Å². The van der Waals surface area contributed by atoms with Crippen molar-refractivity contribution in [1.29, 1.82) is 0 Å². The molecular formula is C47H33NS. The van der Waals surface area contributed by atoms with Crippen molar-refractivity contribution in [2.75, 3.05) is 4.90 Å². The highest BCUT2D eigenvalue weighted by atomic mass is 32.1. The van der Waals surface area contributed by atoms with Gasteiger partial charge in [0, 0.05) is 47.9 Å². The quantitative estimate of drug-likeness (QED) is 0.173. The maximum absolute atomic E-state index is 2.47. The zero-order valence-corrected chi connectivity index (χ0v) is 28.3. The summed E-state index contributed by atoms with van der Waals surface area (Å²) >= 11 is 1.91. The van der Waals surface area contributed by atoms with Gasteiger partial charge in [0.25, 0.3) is 0 Å². The molecule has 1 aliphatic carbocycles. The van der Waals surface area contributed by atoms with Crippen molar-refractivity contribution in [3.63, 3.8) is 0 Å². The molecule has 0 unspecified atom stereocenters. The lowest BCUT2D eigenvalue weighted by Gasteiger charge is -2.30. The molecule has 0 spiro atoms. The van der Waals surface area contributed by atoms with E-state index in [0.29, 0.717) is 0 Å². The topological polar surface area (TPSA) is 3.24 Å². The Morgan fingerprint density at radius 3 is 2.02 bits per heavy atom. The van der Waals surface area contributed by atoms with Crippen LogP contribution in [0.4, 0.5) is 17.1 Å². The predicted octanol–water partition coefficient (Wildman–Crippen LogP) is 13.8. The lowest BCUT2D eigenvalue weighted by atomic mass is 9.82. The second kappa shape index (κ2) is 10.7. The van der Waals surface area contributed by atoms with Gasteiger partial charge in [0.1, 0.15) is 0 Å². The highest BCUT2D eigenvalue weighted by Crippen LogP contribution is 2.52. The molecule has 8 aromatic carbocycles. The molecule has 0 amide bonds. The summed E-state index contributed by atoms with van der Waals surface area (Å²) in [5.41, 5.74) is 11.3. The molecule has 0 N–H and O–H groups in total. The molecule has 2 heteroatoms. The van der Waals surface area contributed by atoms with Crippen LogP contribution >= 0.6 is 11.3 Å². The van der Waals surface area contributed by atoms with Gasteiger partial charge in [-0.25, -0.2) is 0 Å². The van der Waals surface area contributed by atoms with E-state index in [1.54, 1.807) is 0 Å². The summed E-state index contributed by atoms with van der Waals surface area (Å²) < 4.78 is 2.65.